The summed E-state index contributed by atoms with van der Waals surface area (Å²) in [7, 11) is 0. The molecule has 1 saturated heterocycles. The van der Waals surface area contributed by atoms with Crippen LogP contribution in [0.25, 0.3) is 0 Å². The lowest BCUT2D eigenvalue weighted by atomic mass is 10.2. The van der Waals surface area contributed by atoms with E-state index in [2.05, 4.69) is 17.2 Å². The average Bonchev–Trinajstić information content (AvgIpc) is 3.24. The Morgan fingerprint density at radius 3 is 2.69 bits per heavy atom. The van der Waals surface area contributed by atoms with Crippen LogP contribution < -0.4 is 20.1 Å². The van der Waals surface area contributed by atoms with Crippen LogP contribution in [-0.2, 0) is 9.53 Å². The monoisotopic (exact) mass is 396 g/mol. The van der Waals surface area contributed by atoms with Gasteiger partial charge in [0.05, 0.1) is 18.3 Å². The Morgan fingerprint density at radius 2 is 1.97 bits per heavy atom. The molecular weight excluding hydrogens is 368 g/mol. The highest BCUT2D eigenvalue weighted by Crippen LogP contribution is 2.25. The van der Waals surface area contributed by atoms with E-state index in [4.69, 9.17) is 14.2 Å². The van der Waals surface area contributed by atoms with Crippen LogP contribution in [0.2, 0.25) is 0 Å². The number of rotatable bonds is 10. The highest BCUT2D eigenvalue weighted by Gasteiger charge is 2.17. The molecule has 1 fully saturated rings. The minimum atomic E-state index is -0.152. The maximum Gasteiger partial charge on any atom is 0.243 e. The van der Waals surface area contributed by atoms with Gasteiger partial charge in [0.2, 0.25) is 5.91 Å². The first kappa shape index (κ1) is 20.7. The largest absolute Gasteiger partial charge is 0.489 e. The predicted octanol–water partition coefficient (Wildman–Crippen LogP) is 4.25. The van der Waals surface area contributed by atoms with E-state index in [0.717, 1.165) is 36.5 Å². The summed E-state index contributed by atoms with van der Waals surface area (Å²) in [5.74, 6) is 1.26. The Hall–Kier alpha value is -2.99. The summed E-state index contributed by atoms with van der Waals surface area (Å²) in [5.41, 5.74) is 2.45. The molecular formula is C23H28N2O4. The van der Waals surface area contributed by atoms with Gasteiger partial charge in [-0.2, -0.15) is 0 Å². The molecule has 3 rings (SSSR count). The van der Waals surface area contributed by atoms with Crippen LogP contribution in [0.1, 0.15) is 19.8 Å². The number of carbonyl (C=O) groups excluding carboxylic acids is 1. The second-order valence-electron chi connectivity index (χ2n) is 7.11. The molecule has 0 radical (unpaired) electrons. The van der Waals surface area contributed by atoms with Gasteiger partial charge in [0.25, 0.3) is 0 Å². The third-order valence-corrected chi connectivity index (χ3v) is 4.40. The molecule has 6 nitrogen and oxygen atoms in total. The van der Waals surface area contributed by atoms with E-state index in [1.165, 1.54) is 0 Å². The zero-order valence-electron chi connectivity index (χ0n) is 16.8. The number of anilines is 2. The van der Waals surface area contributed by atoms with Gasteiger partial charge < -0.3 is 24.8 Å². The van der Waals surface area contributed by atoms with Gasteiger partial charge in [0.15, 0.2) is 0 Å². The zero-order valence-corrected chi connectivity index (χ0v) is 16.8. The van der Waals surface area contributed by atoms with Crippen molar-refractivity contribution >= 4 is 17.3 Å². The third kappa shape index (κ3) is 6.84. The Labute approximate surface area is 171 Å². The number of carbonyl (C=O) groups is 1. The smallest absolute Gasteiger partial charge is 0.243 e. The number of ether oxygens (including phenoxy) is 3. The standard InChI is InChI=1S/C23H28N2O4/c1-17(2)15-28-19-11-9-18(10-12-19)24-14-23(26)25-21-7-3-4-8-22(21)29-16-20-6-5-13-27-20/h3-4,7-12,20,24H,1,5-6,13-16H2,2H3,(H,25,26). The normalized spacial score (nSPS) is 15.6. The van der Waals surface area contributed by atoms with Crippen molar-refractivity contribution in [3.63, 3.8) is 0 Å². The van der Waals surface area contributed by atoms with Crippen LogP contribution in [-0.4, -0.2) is 38.4 Å². The van der Waals surface area contributed by atoms with Crippen molar-refractivity contribution in [1.29, 1.82) is 0 Å². The molecule has 0 aliphatic carbocycles. The Bertz CT molecular complexity index is 814. The van der Waals surface area contributed by atoms with Gasteiger partial charge in [-0.05, 0) is 61.7 Å². The van der Waals surface area contributed by atoms with E-state index in [9.17, 15) is 4.79 Å². The summed E-state index contributed by atoms with van der Waals surface area (Å²) < 4.78 is 17.0. The van der Waals surface area contributed by atoms with Crippen molar-refractivity contribution in [2.24, 2.45) is 0 Å². The van der Waals surface area contributed by atoms with Crippen LogP contribution in [0.4, 0.5) is 11.4 Å². The maximum absolute atomic E-state index is 12.4. The highest BCUT2D eigenvalue weighted by atomic mass is 16.5. The van der Waals surface area contributed by atoms with Gasteiger partial charge in [0.1, 0.15) is 24.7 Å². The first-order chi connectivity index (χ1) is 14.1. The first-order valence-electron chi connectivity index (χ1n) is 9.84. The number of amides is 1. The van der Waals surface area contributed by atoms with Gasteiger partial charge in [-0.1, -0.05) is 18.7 Å². The van der Waals surface area contributed by atoms with E-state index in [1.54, 1.807) is 0 Å². The van der Waals surface area contributed by atoms with Crippen molar-refractivity contribution in [2.45, 2.75) is 25.9 Å². The van der Waals surface area contributed by atoms with Crippen LogP contribution in [0.5, 0.6) is 11.5 Å². The van der Waals surface area contributed by atoms with E-state index < -0.39 is 0 Å². The van der Waals surface area contributed by atoms with Crippen molar-refractivity contribution in [2.75, 3.05) is 37.0 Å². The minimum Gasteiger partial charge on any atom is -0.489 e. The fourth-order valence-corrected chi connectivity index (χ4v) is 2.91. The number of hydrogen-bond acceptors (Lipinski definition) is 5. The van der Waals surface area contributed by atoms with Crippen molar-refractivity contribution in [1.82, 2.24) is 0 Å². The van der Waals surface area contributed by atoms with E-state index >= 15 is 0 Å². The van der Waals surface area contributed by atoms with Crippen molar-refractivity contribution in [3.05, 3.63) is 60.7 Å². The van der Waals surface area contributed by atoms with E-state index in [1.807, 2.05) is 55.5 Å². The fraction of sp³-hybridized carbons (Fsp3) is 0.348. The second kappa shape index (κ2) is 10.5. The Balaban J connectivity index is 1.47. The molecule has 1 heterocycles. The summed E-state index contributed by atoms with van der Waals surface area (Å²) in [6.07, 6.45) is 2.21. The van der Waals surface area contributed by atoms with Crippen LogP contribution in [0, 0.1) is 0 Å². The molecule has 2 aromatic carbocycles. The number of benzene rings is 2. The SMILES string of the molecule is C=C(C)COc1ccc(NCC(=O)Nc2ccccc2OCC2CCCO2)cc1. The number of para-hydroxylation sites is 2. The summed E-state index contributed by atoms with van der Waals surface area (Å²) in [5, 5.41) is 6.01. The highest BCUT2D eigenvalue weighted by molar-refractivity contribution is 5.95. The number of hydrogen-bond donors (Lipinski definition) is 2. The Kier molecular flexibility index (Phi) is 7.53. The third-order valence-electron chi connectivity index (χ3n) is 4.40. The fourth-order valence-electron chi connectivity index (χ4n) is 2.91. The topological polar surface area (TPSA) is 68.8 Å². The lowest BCUT2D eigenvalue weighted by Crippen LogP contribution is -2.22. The molecule has 6 heteroatoms. The predicted molar refractivity (Wildman–Crippen MR) is 115 cm³/mol. The molecule has 0 aromatic heterocycles. The molecule has 1 aliphatic heterocycles. The second-order valence-corrected chi connectivity index (χ2v) is 7.11. The molecule has 1 aliphatic rings. The molecule has 2 N–H and O–H groups in total. The zero-order chi connectivity index (χ0) is 20.5. The van der Waals surface area contributed by atoms with Crippen molar-refractivity contribution < 1.29 is 19.0 Å². The summed E-state index contributed by atoms with van der Waals surface area (Å²) in [4.78, 5) is 12.4. The quantitative estimate of drug-likeness (QED) is 0.588. The van der Waals surface area contributed by atoms with E-state index in [0.29, 0.717) is 24.7 Å². The molecule has 1 atom stereocenters. The van der Waals surface area contributed by atoms with Gasteiger partial charge in [0, 0.05) is 12.3 Å². The molecule has 29 heavy (non-hydrogen) atoms. The maximum atomic E-state index is 12.4. The summed E-state index contributed by atoms with van der Waals surface area (Å²) in [6.45, 7) is 7.64. The molecule has 154 valence electrons. The minimum absolute atomic E-state index is 0.128. The van der Waals surface area contributed by atoms with E-state index in [-0.39, 0.29) is 18.6 Å². The average molecular weight is 396 g/mol. The van der Waals surface area contributed by atoms with Gasteiger partial charge >= 0.3 is 0 Å². The lowest BCUT2D eigenvalue weighted by Gasteiger charge is -2.15. The molecule has 0 bridgehead atoms. The van der Waals surface area contributed by atoms with Gasteiger partial charge in [-0.15, -0.1) is 0 Å². The molecule has 2 aromatic rings. The van der Waals surface area contributed by atoms with Gasteiger partial charge in [-0.25, -0.2) is 0 Å². The lowest BCUT2D eigenvalue weighted by molar-refractivity contribution is -0.114. The van der Waals surface area contributed by atoms with Crippen LogP contribution in [0.15, 0.2) is 60.7 Å². The summed E-state index contributed by atoms with van der Waals surface area (Å²) in [6, 6.07) is 14.9. The van der Waals surface area contributed by atoms with Crippen LogP contribution in [0.3, 0.4) is 0 Å². The molecule has 1 unspecified atom stereocenters. The first-order valence-corrected chi connectivity index (χ1v) is 9.84. The molecule has 0 saturated carbocycles. The van der Waals surface area contributed by atoms with Crippen LogP contribution >= 0.6 is 0 Å². The van der Waals surface area contributed by atoms with Crippen molar-refractivity contribution in [3.8, 4) is 11.5 Å². The Morgan fingerprint density at radius 1 is 1.17 bits per heavy atom. The molecule has 1 amide bonds. The van der Waals surface area contributed by atoms with Gasteiger partial charge in [-0.3, -0.25) is 4.79 Å². The molecule has 0 spiro atoms. The summed E-state index contributed by atoms with van der Waals surface area (Å²) >= 11 is 0. The number of nitrogens with one attached hydrogen (secondary N) is 2.